The Kier molecular flexibility index (Phi) is 4.47. The third-order valence-corrected chi connectivity index (χ3v) is 4.54. The van der Waals surface area contributed by atoms with E-state index in [9.17, 15) is 14.0 Å². The molecule has 0 atom stereocenters. The molecule has 4 rings (SSSR count). The number of furan rings is 1. The molecule has 136 valence electrons. The Morgan fingerprint density at radius 3 is 2.85 bits per heavy atom. The highest BCUT2D eigenvalue weighted by atomic mass is 32.2. The number of halogens is 1. The van der Waals surface area contributed by atoms with Crippen LogP contribution in [-0.2, 0) is 4.79 Å². The Balaban J connectivity index is 1.53. The lowest BCUT2D eigenvalue weighted by Crippen LogP contribution is -2.17. The Bertz CT molecular complexity index is 1150. The van der Waals surface area contributed by atoms with Gasteiger partial charge < -0.3 is 9.73 Å². The van der Waals surface area contributed by atoms with E-state index in [1.807, 2.05) is 0 Å². The van der Waals surface area contributed by atoms with Gasteiger partial charge in [0, 0.05) is 11.8 Å². The normalized spacial score (nSPS) is 11.0. The molecule has 0 unspecified atom stereocenters. The van der Waals surface area contributed by atoms with E-state index in [-0.39, 0.29) is 23.0 Å². The number of thioether (sulfide) groups is 1. The molecule has 10 heteroatoms. The van der Waals surface area contributed by atoms with Gasteiger partial charge in [0.25, 0.3) is 5.56 Å². The molecule has 0 aliphatic heterocycles. The van der Waals surface area contributed by atoms with Crippen molar-refractivity contribution in [3.63, 3.8) is 0 Å². The molecular formula is C17H12FN5O3S. The van der Waals surface area contributed by atoms with Crippen LogP contribution in [0.25, 0.3) is 17.0 Å². The molecule has 27 heavy (non-hydrogen) atoms. The maximum atomic E-state index is 12.9. The van der Waals surface area contributed by atoms with Gasteiger partial charge in [-0.1, -0.05) is 11.8 Å². The van der Waals surface area contributed by atoms with Crippen LogP contribution >= 0.6 is 11.8 Å². The monoisotopic (exact) mass is 385 g/mol. The second-order valence-electron chi connectivity index (χ2n) is 5.48. The fourth-order valence-electron chi connectivity index (χ4n) is 2.39. The summed E-state index contributed by atoms with van der Waals surface area (Å²) in [6.07, 6.45) is 1.51. The number of rotatable bonds is 5. The van der Waals surface area contributed by atoms with Crippen LogP contribution in [0.3, 0.4) is 0 Å². The van der Waals surface area contributed by atoms with E-state index in [4.69, 9.17) is 4.42 Å². The lowest BCUT2D eigenvalue weighted by molar-refractivity contribution is -0.113. The molecule has 0 saturated carbocycles. The first-order valence-electron chi connectivity index (χ1n) is 7.81. The summed E-state index contributed by atoms with van der Waals surface area (Å²) < 4.78 is 19.6. The SMILES string of the molecule is O=C(CSc1n[nH]c(=O)c2cc(-c3ccco3)nn12)Nc1ccc(F)cc1. The number of aromatic amines is 1. The smallest absolute Gasteiger partial charge is 0.290 e. The fraction of sp³-hybridized carbons (Fsp3) is 0.0588. The zero-order chi connectivity index (χ0) is 18.8. The van der Waals surface area contributed by atoms with Crippen molar-refractivity contribution in [1.29, 1.82) is 0 Å². The van der Waals surface area contributed by atoms with Crippen LogP contribution in [0.1, 0.15) is 0 Å². The standard InChI is InChI=1S/C17H12FN5O3S/c18-10-3-5-11(6-4-10)19-15(24)9-27-17-21-20-16(25)13-8-12(22-23(13)17)14-2-1-7-26-14/h1-8H,9H2,(H,19,24)(H,20,25). The molecule has 2 N–H and O–H groups in total. The highest BCUT2D eigenvalue weighted by molar-refractivity contribution is 7.99. The molecule has 3 heterocycles. The lowest BCUT2D eigenvalue weighted by atomic mass is 10.3. The van der Waals surface area contributed by atoms with E-state index in [0.717, 1.165) is 11.8 Å². The zero-order valence-electron chi connectivity index (χ0n) is 13.7. The van der Waals surface area contributed by atoms with Crippen LogP contribution in [0.4, 0.5) is 10.1 Å². The minimum Gasteiger partial charge on any atom is -0.463 e. The Hall–Kier alpha value is -3.40. The summed E-state index contributed by atoms with van der Waals surface area (Å²) in [5, 5.41) is 13.7. The first-order valence-corrected chi connectivity index (χ1v) is 8.79. The number of anilines is 1. The van der Waals surface area contributed by atoms with Gasteiger partial charge in [-0.15, -0.1) is 5.10 Å². The predicted molar refractivity (Wildman–Crippen MR) is 97.1 cm³/mol. The molecule has 0 saturated heterocycles. The third-order valence-electron chi connectivity index (χ3n) is 3.61. The number of carbonyl (C=O) groups is 1. The van der Waals surface area contributed by atoms with Crippen molar-refractivity contribution in [3.05, 3.63) is 64.9 Å². The Morgan fingerprint density at radius 1 is 1.30 bits per heavy atom. The number of amides is 1. The van der Waals surface area contributed by atoms with Crippen molar-refractivity contribution in [2.75, 3.05) is 11.1 Å². The van der Waals surface area contributed by atoms with Crippen LogP contribution in [0.15, 0.2) is 63.1 Å². The predicted octanol–water partition coefficient (Wildman–Crippen LogP) is 2.55. The summed E-state index contributed by atoms with van der Waals surface area (Å²) in [6.45, 7) is 0. The first kappa shape index (κ1) is 17.0. The van der Waals surface area contributed by atoms with Crippen LogP contribution in [-0.4, -0.2) is 31.5 Å². The van der Waals surface area contributed by atoms with Gasteiger partial charge in [-0.2, -0.15) is 5.10 Å². The minimum absolute atomic E-state index is 0.0292. The number of H-pyrrole nitrogens is 1. The molecule has 3 aromatic heterocycles. The van der Waals surface area contributed by atoms with Gasteiger partial charge in [-0.05, 0) is 36.4 Å². The van der Waals surface area contributed by atoms with Crippen LogP contribution in [0, 0.1) is 5.82 Å². The molecule has 1 aromatic carbocycles. The van der Waals surface area contributed by atoms with E-state index in [1.54, 1.807) is 18.2 Å². The number of nitrogens with zero attached hydrogens (tertiary/aromatic N) is 3. The summed E-state index contributed by atoms with van der Waals surface area (Å²) in [7, 11) is 0. The molecule has 0 radical (unpaired) electrons. The lowest BCUT2D eigenvalue weighted by Gasteiger charge is -2.05. The molecule has 0 aliphatic rings. The van der Waals surface area contributed by atoms with Gasteiger partial charge in [0.1, 0.15) is 17.0 Å². The van der Waals surface area contributed by atoms with Crippen LogP contribution < -0.4 is 10.9 Å². The summed E-state index contributed by atoms with van der Waals surface area (Å²) in [6, 6.07) is 10.5. The minimum atomic E-state index is -0.402. The molecule has 1 amide bonds. The van der Waals surface area contributed by atoms with E-state index in [2.05, 4.69) is 20.6 Å². The van der Waals surface area contributed by atoms with E-state index < -0.39 is 5.56 Å². The van der Waals surface area contributed by atoms with E-state index in [0.29, 0.717) is 22.3 Å². The summed E-state index contributed by atoms with van der Waals surface area (Å²) in [5.41, 5.74) is 0.857. The zero-order valence-corrected chi connectivity index (χ0v) is 14.5. The number of benzene rings is 1. The molecule has 8 nitrogen and oxygen atoms in total. The molecular weight excluding hydrogens is 373 g/mol. The largest absolute Gasteiger partial charge is 0.463 e. The van der Waals surface area contributed by atoms with Crippen molar-refractivity contribution in [2.45, 2.75) is 5.16 Å². The van der Waals surface area contributed by atoms with E-state index in [1.165, 1.54) is 35.0 Å². The molecule has 0 aliphatic carbocycles. The van der Waals surface area contributed by atoms with Gasteiger partial charge in [0.05, 0.1) is 12.0 Å². The van der Waals surface area contributed by atoms with Crippen LogP contribution in [0.5, 0.6) is 0 Å². The number of fused-ring (bicyclic) bond motifs is 1. The van der Waals surface area contributed by atoms with Crippen molar-refractivity contribution < 1.29 is 13.6 Å². The Morgan fingerprint density at radius 2 is 2.11 bits per heavy atom. The summed E-state index contributed by atoms with van der Waals surface area (Å²) in [4.78, 5) is 24.1. The highest BCUT2D eigenvalue weighted by Crippen LogP contribution is 2.22. The van der Waals surface area contributed by atoms with Gasteiger partial charge in [0.15, 0.2) is 5.76 Å². The van der Waals surface area contributed by atoms with Gasteiger partial charge in [-0.25, -0.2) is 14.0 Å². The van der Waals surface area contributed by atoms with Crippen molar-refractivity contribution in [2.24, 2.45) is 0 Å². The maximum Gasteiger partial charge on any atom is 0.290 e. The highest BCUT2D eigenvalue weighted by Gasteiger charge is 2.15. The third kappa shape index (κ3) is 3.60. The number of hydrogen-bond donors (Lipinski definition) is 2. The molecule has 0 spiro atoms. The first-order chi connectivity index (χ1) is 13.1. The number of hydrogen-bond acceptors (Lipinski definition) is 6. The van der Waals surface area contributed by atoms with Gasteiger partial charge >= 0.3 is 0 Å². The topological polar surface area (TPSA) is 105 Å². The number of aromatic nitrogens is 4. The summed E-state index contributed by atoms with van der Waals surface area (Å²) >= 11 is 1.10. The van der Waals surface area contributed by atoms with Crippen LogP contribution in [0.2, 0.25) is 0 Å². The summed E-state index contributed by atoms with van der Waals surface area (Å²) in [5.74, 6) is -0.135. The molecule has 0 bridgehead atoms. The second kappa shape index (κ2) is 7.08. The van der Waals surface area contributed by atoms with Crippen molar-refractivity contribution in [1.82, 2.24) is 19.8 Å². The van der Waals surface area contributed by atoms with Crippen molar-refractivity contribution >= 4 is 28.9 Å². The second-order valence-corrected chi connectivity index (χ2v) is 6.43. The quantitative estimate of drug-likeness (QED) is 0.512. The number of carbonyl (C=O) groups excluding carboxylic acids is 1. The fourth-order valence-corrected chi connectivity index (χ4v) is 3.09. The Labute approximate surface area is 155 Å². The van der Waals surface area contributed by atoms with Crippen molar-refractivity contribution in [3.8, 4) is 11.5 Å². The van der Waals surface area contributed by atoms with E-state index >= 15 is 0 Å². The molecule has 4 aromatic rings. The average molecular weight is 385 g/mol. The van der Waals surface area contributed by atoms with Gasteiger partial charge in [0.2, 0.25) is 11.1 Å². The maximum absolute atomic E-state index is 12.9. The van der Waals surface area contributed by atoms with Gasteiger partial charge in [-0.3, -0.25) is 9.59 Å². The molecule has 0 fully saturated rings. The average Bonchev–Trinajstić information content (AvgIpc) is 3.33. The number of nitrogens with one attached hydrogen (secondary N) is 2.